The van der Waals surface area contributed by atoms with E-state index in [4.69, 9.17) is 0 Å². The van der Waals surface area contributed by atoms with E-state index in [0.29, 0.717) is 5.92 Å². The lowest BCUT2D eigenvalue weighted by atomic mass is 10.1. The average molecular weight is 326 g/mol. The highest BCUT2D eigenvalue weighted by Gasteiger charge is 2.18. The van der Waals surface area contributed by atoms with Crippen molar-refractivity contribution in [3.63, 3.8) is 0 Å². The number of fused-ring (bicyclic) bond motifs is 1. The maximum absolute atomic E-state index is 4.47. The Labute approximate surface area is 122 Å². The van der Waals surface area contributed by atoms with E-state index < -0.39 is 0 Å². The highest BCUT2D eigenvalue weighted by atomic mass is 79.9. The number of anilines is 1. The fourth-order valence-electron chi connectivity index (χ4n) is 2.14. The first-order valence-electron chi connectivity index (χ1n) is 6.66. The van der Waals surface area contributed by atoms with Crippen LogP contribution in [0.1, 0.15) is 27.2 Å². The molecule has 2 rings (SSSR count). The van der Waals surface area contributed by atoms with Crippen molar-refractivity contribution in [2.45, 2.75) is 27.2 Å². The van der Waals surface area contributed by atoms with Crippen LogP contribution in [-0.2, 0) is 7.05 Å². The van der Waals surface area contributed by atoms with Crippen molar-refractivity contribution in [2.75, 3.05) is 18.0 Å². The number of nitrogens with zero attached hydrogens (tertiary/aromatic N) is 5. The lowest BCUT2D eigenvalue weighted by Gasteiger charge is -2.25. The standard InChI is InChI=1S/C13H20BrN5/c1-5-9(3)7-19(6-2)13-10-11(14)17-18(4)12(10)15-8-16-13/h8-9H,5-7H2,1-4H3. The van der Waals surface area contributed by atoms with Gasteiger partial charge in [0.15, 0.2) is 5.65 Å². The molecule has 0 saturated heterocycles. The summed E-state index contributed by atoms with van der Waals surface area (Å²) in [5.74, 6) is 1.60. The lowest BCUT2D eigenvalue weighted by molar-refractivity contribution is 0.546. The number of hydrogen-bond acceptors (Lipinski definition) is 4. The van der Waals surface area contributed by atoms with Crippen molar-refractivity contribution in [2.24, 2.45) is 13.0 Å². The van der Waals surface area contributed by atoms with E-state index in [0.717, 1.165) is 34.5 Å². The van der Waals surface area contributed by atoms with Crippen LogP contribution in [0.5, 0.6) is 0 Å². The van der Waals surface area contributed by atoms with Gasteiger partial charge in [-0.2, -0.15) is 5.10 Å². The summed E-state index contributed by atoms with van der Waals surface area (Å²) in [6, 6.07) is 0. The first-order valence-corrected chi connectivity index (χ1v) is 7.45. The van der Waals surface area contributed by atoms with E-state index in [1.54, 1.807) is 11.0 Å². The molecule has 2 aromatic rings. The second-order valence-electron chi connectivity index (χ2n) is 4.86. The molecule has 0 fully saturated rings. The minimum atomic E-state index is 0.639. The lowest BCUT2D eigenvalue weighted by Crippen LogP contribution is -2.29. The predicted octanol–water partition coefficient (Wildman–Crippen LogP) is 3.00. The van der Waals surface area contributed by atoms with E-state index >= 15 is 0 Å². The van der Waals surface area contributed by atoms with Crippen LogP contribution in [0, 0.1) is 5.92 Å². The van der Waals surface area contributed by atoms with Crippen LogP contribution in [0.15, 0.2) is 10.9 Å². The Bertz CT molecular complexity index is 565. The molecular weight excluding hydrogens is 306 g/mol. The van der Waals surface area contributed by atoms with Crippen LogP contribution in [-0.4, -0.2) is 32.8 Å². The van der Waals surface area contributed by atoms with Crippen LogP contribution < -0.4 is 4.90 Å². The maximum Gasteiger partial charge on any atom is 0.164 e. The summed E-state index contributed by atoms with van der Waals surface area (Å²) in [6.45, 7) is 8.56. The summed E-state index contributed by atoms with van der Waals surface area (Å²) < 4.78 is 2.59. The zero-order valence-electron chi connectivity index (χ0n) is 11.9. The molecule has 0 aliphatic carbocycles. The fourth-order valence-corrected chi connectivity index (χ4v) is 2.73. The first-order chi connectivity index (χ1) is 9.08. The first kappa shape index (κ1) is 14.2. The van der Waals surface area contributed by atoms with Gasteiger partial charge in [0.1, 0.15) is 16.7 Å². The predicted molar refractivity (Wildman–Crippen MR) is 81.3 cm³/mol. The van der Waals surface area contributed by atoms with Crippen LogP contribution in [0.2, 0.25) is 0 Å². The van der Waals surface area contributed by atoms with Gasteiger partial charge in [-0.25, -0.2) is 14.6 Å². The van der Waals surface area contributed by atoms with Gasteiger partial charge in [0, 0.05) is 20.1 Å². The molecule has 0 bridgehead atoms. The summed E-state index contributed by atoms with van der Waals surface area (Å²) in [4.78, 5) is 11.1. The second-order valence-corrected chi connectivity index (χ2v) is 5.61. The smallest absolute Gasteiger partial charge is 0.164 e. The third kappa shape index (κ3) is 2.73. The molecule has 0 amide bonds. The summed E-state index contributed by atoms with van der Waals surface area (Å²) >= 11 is 3.51. The summed E-state index contributed by atoms with van der Waals surface area (Å²) in [5.41, 5.74) is 0.861. The van der Waals surface area contributed by atoms with Crippen molar-refractivity contribution >= 4 is 32.8 Å². The molecule has 104 valence electrons. The van der Waals surface area contributed by atoms with Crippen molar-refractivity contribution in [1.29, 1.82) is 0 Å². The molecule has 2 heterocycles. The Kier molecular flexibility index (Phi) is 4.39. The fraction of sp³-hybridized carbons (Fsp3) is 0.615. The molecule has 1 atom stereocenters. The largest absolute Gasteiger partial charge is 0.356 e. The van der Waals surface area contributed by atoms with Crippen LogP contribution in [0.4, 0.5) is 5.82 Å². The Morgan fingerprint density at radius 1 is 1.37 bits per heavy atom. The minimum absolute atomic E-state index is 0.639. The highest BCUT2D eigenvalue weighted by molar-refractivity contribution is 9.10. The highest BCUT2D eigenvalue weighted by Crippen LogP contribution is 2.29. The number of rotatable bonds is 5. The molecule has 1 unspecified atom stereocenters. The molecule has 19 heavy (non-hydrogen) atoms. The summed E-state index contributed by atoms with van der Waals surface area (Å²) in [5, 5.41) is 5.37. The van der Waals surface area contributed by atoms with E-state index in [2.05, 4.69) is 56.7 Å². The van der Waals surface area contributed by atoms with Gasteiger partial charge in [-0.1, -0.05) is 20.3 Å². The quantitative estimate of drug-likeness (QED) is 0.847. The number of aromatic nitrogens is 4. The average Bonchev–Trinajstić information content (AvgIpc) is 2.71. The van der Waals surface area contributed by atoms with E-state index in [-0.39, 0.29) is 0 Å². The molecule has 6 heteroatoms. The zero-order chi connectivity index (χ0) is 14.0. The molecule has 2 aromatic heterocycles. The van der Waals surface area contributed by atoms with Gasteiger partial charge in [-0.05, 0) is 28.8 Å². The van der Waals surface area contributed by atoms with Gasteiger partial charge >= 0.3 is 0 Å². The van der Waals surface area contributed by atoms with Crippen molar-refractivity contribution in [3.05, 3.63) is 10.9 Å². The van der Waals surface area contributed by atoms with Crippen LogP contribution in [0.25, 0.3) is 11.0 Å². The summed E-state index contributed by atoms with van der Waals surface area (Å²) in [7, 11) is 1.90. The minimum Gasteiger partial charge on any atom is -0.356 e. The second kappa shape index (κ2) is 5.86. The van der Waals surface area contributed by atoms with Gasteiger partial charge in [0.05, 0.1) is 5.39 Å². The molecule has 0 aliphatic heterocycles. The molecule has 0 aliphatic rings. The summed E-state index contributed by atoms with van der Waals surface area (Å²) in [6.07, 6.45) is 2.78. The molecule has 5 nitrogen and oxygen atoms in total. The molecule has 0 saturated carbocycles. The molecule has 0 radical (unpaired) electrons. The number of hydrogen-bond donors (Lipinski definition) is 0. The van der Waals surface area contributed by atoms with Crippen LogP contribution in [0.3, 0.4) is 0 Å². The van der Waals surface area contributed by atoms with E-state index in [1.165, 1.54) is 6.42 Å². The van der Waals surface area contributed by atoms with Crippen molar-refractivity contribution in [1.82, 2.24) is 19.7 Å². The van der Waals surface area contributed by atoms with E-state index in [1.807, 2.05) is 7.05 Å². The van der Waals surface area contributed by atoms with Crippen molar-refractivity contribution in [3.8, 4) is 0 Å². The Balaban J connectivity index is 2.48. The Morgan fingerprint density at radius 2 is 2.11 bits per heavy atom. The third-order valence-electron chi connectivity index (χ3n) is 3.47. The van der Waals surface area contributed by atoms with Crippen LogP contribution >= 0.6 is 15.9 Å². The SMILES string of the molecule is CCC(C)CN(CC)c1ncnc2c1c(Br)nn2C. The van der Waals surface area contributed by atoms with Gasteiger partial charge < -0.3 is 4.90 Å². The molecule has 0 N–H and O–H groups in total. The third-order valence-corrected chi connectivity index (χ3v) is 4.02. The molecule has 0 aromatic carbocycles. The van der Waals surface area contributed by atoms with Gasteiger partial charge in [-0.15, -0.1) is 0 Å². The Morgan fingerprint density at radius 3 is 2.74 bits per heavy atom. The normalized spacial score (nSPS) is 12.9. The molecule has 0 spiro atoms. The zero-order valence-corrected chi connectivity index (χ0v) is 13.5. The number of aryl methyl sites for hydroxylation is 1. The molecular formula is C13H20BrN5. The number of halogens is 1. The van der Waals surface area contributed by atoms with Gasteiger partial charge in [0.25, 0.3) is 0 Å². The van der Waals surface area contributed by atoms with Gasteiger partial charge in [-0.3, -0.25) is 0 Å². The van der Waals surface area contributed by atoms with E-state index in [9.17, 15) is 0 Å². The Hall–Kier alpha value is -1.17. The van der Waals surface area contributed by atoms with Crippen molar-refractivity contribution < 1.29 is 0 Å². The monoisotopic (exact) mass is 325 g/mol. The topological polar surface area (TPSA) is 46.8 Å². The maximum atomic E-state index is 4.47. The van der Waals surface area contributed by atoms with Gasteiger partial charge in [0.2, 0.25) is 0 Å².